The summed E-state index contributed by atoms with van der Waals surface area (Å²) in [6.45, 7) is 1.79. The Morgan fingerprint density at radius 1 is 1.36 bits per heavy atom. The van der Waals surface area contributed by atoms with E-state index in [1.807, 2.05) is 24.3 Å². The molecule has 0 saturated heterocycles. The van der Waals surface area contributed by atoms with Gasteiger partial charge in [-0.25, -0.2) is 0 Å². The lowest BCUT2D eigenvalue weighted by molar-refractivity contribution is -0.143. The van der Waals surface area contributed by atoms with Gasteiger partial charge in [-0.3, -0.25) is 9.59 Å². The van der Waals surface area contributed by atoms with Gasteiger partial charge in [0.25, 0.3) is 0 Å². The fraction of sp³-hybridized carbons (Fsp3) is 0.375. The number of aliphatic hydroxyl groups is 1. The second-order valence-corrected chi connectivity index (χ2v) is 4.74. The summed E-state index contributed by atoms with van der Waals surface area (Å²) in [5, 5.41) is 12.1. The molecule has 0 heterocycles. The Hall–Kier alpha value is -2.34. The molecule has 1 rings (SSSR count). The van der Waals surface area contributed by atoms with E-state index in [4.69, 9.17) is 4.74 Å². The zero-order chi connectivity index (χ0) is 16.5. The summed E-state index contributed by atoms with van der Waals surface area (Å²) in [5.41, 5.74) is 1.63. The van der Waals surface area contributed by atoms with Crippen LogP contribution in [0, 0.1) is 0 Å². The molecule has 1 amide bonds. The van der Waals surface area contributed by atoms with Gasteiger partial charge < -0.3 is 19.9 Å². The van der Waals surface area contributed by atoms with E-state index < -0.39 is 12.1 Å². The van der Waals surface area contributed by atoms with Crippen LogP contribution in [0.2, 0.25) is 0 Å². The van der Waals surface area contributed by atoms with Crippen LogP contribution >= 0.6 is 0 Å². The highest BCUT2D eigenvalue weighted by Crippen LogP contribution is 2.19. The number of carbonyl (C=O) groups excluding carboxylic acids is 2. The molecule has 22 heavy (non-hydrogen) atoms. The monoisotopic (exact) mass is 307 g/mol. The Balaban J connectivity index is 2.56. The number of rotatable bonds is 7. The van der Waals surface area contributed by atoms with Crippen LogP contribution in [0.3, 0.4) is 0 Å². The summed E-state index contributed by atoms with van der Waals surface area (Å²) in [6.07, 6.45) is 0.302. The highest BCUT2D eigenvalue weighted by atomic mass is 16.5. The molecular weight excluding hydrogens is 286 g/mol. The first-order valence-electron chi connectivity index (χ1n) is 6.81. The van der Waals surface area contributed by atoms with Crippen molar-refractivity contribution in [1.29, 1.82) is 0 Å². The summed E-state index contributed by atoms with van der Waals surface area (Å²) in [5.74, 6) is -0.159. The summed E-state index contributed by atoms with van der Waals surface area (Å²) in [7, 11) is 2.82. The summed E-state index contributed by atoms with van der Waals surface area (Å²) >= 11 is 0. The lowest BCUT2D eigenvalue weighted by atomic mass is 10.1. The Labute approximate surface area is 129 Å². The molecule has 1 aromatic carbocycles. The van der Waals surface area contributed by atoms with Gasteiger partial charge in [0.1, 0.15) is 5.75 Å². The maximum atomic E-state index is 11.8. The van der Waals surface area contributed by atoms with E-state index in [0.717, 1.165) is 11.1 Å². The molecule has 120 valence electrons. The van der Waals surface area contributed by atoms with Gasteiger partial charge in [0.2, 0.25) is 5.91 Å². The highest BCUT2D eigenvalue weighted by molar-refractivity contribution is 5.94. The number of methoxy groups -OCH3 is 2. The number of carbonyl (C=O) groups is 2. The van der Waals surface area contributed by atoms with Crippen LogP contribution in [0.1, 0.15) is 18.9 Å². The van der Waals surface area contributed by atoms with Crippen LogP contribution in [0.4, 0.5) is 0 Å². The minimum absolute atomic E-state index is 0.0180. The van der Waals surface area contributed by atoms with E-state index in [-0.39, 0.29) is 18.9 Å². The van der Waals surface area contributed by atoms with E-state index in [0.29, 0.717) is 5.75 Å². The number of ether oxygens (including phenoxy) is 2. The van der Waals surface area contributed by atoms with E-state index in [1.54, 1.807) is 14.0 Å². The summed E-state index contributed by atoms with van der Waals surface area (Å²) < 4.78 is 9.57. The largest absolute Gasteiger partial charge is 0.497 e. The first kappa shape index (κ1) is 17.7. The minimum atomic E-state index is -0.970. The number of nitrogens with one attached hydrogen (secondary N) is 1. The lowest BCUT2D eigenvalue weighted by Gasteiger charge is -2.10. The smallest absolute Gasteiger partial charge is 0.308 e. The quantitative estimate of drug-likeness (QED) is 0.583. The van der Waals surface area contributed by atoms with Crippen molar-refractivity contribution < 1.29 is 24.2 Å². The van der Waals surface area contributed by atoms with Crippen LogP contribution in [-0.4, -0.2) is 43.9 Å². The first-order valence-corrected chi connectivity index (χ1v) is 6.81. The third kappa shape index (κ3) is 5.97. The van der Waals surface area contributed by atoms with Gasteiger partial charge in [0, 0.05) is 12.6 Å². The number of aliphatic hydroxyl groups excluding tert-OH is 1. The molecule has 6 heteroatoms. The second kappa shape index (κ2) is 8.84. The predicted octanol–water partition coefficient (Wildman–Crippen LogP) is 1.14. The van der Waals surface area contributed by atoms with Crippen molar-refractivity contribution in [2.75, 3.05) is 20.8 Å². The molecule has 1 atom stereocenters. The van der Waals surface area contributed by atoms with Crippen molar-refractivity contribution >= 4 is 17.4 Å². The summed E-state index contributed by atoms with van der Waals surface area (Å²) in [4.78, 5) is 22.8. The topological polar surface area (TPSA) is 84.9 Å². The molecule has 0 fully saturated rings. The van der Waals surface area contributed by atoms with E-state index >= 15 is 0 Å². The number of esters is 1. The molecule has 0 aliphatic rings. The van der Waals surface area contributed by atoms with Crippen LogP contribution in [0.25, 0.3) is 5.57 Å². The van der Waals surface area contributed by atoms with Crippen molar-refractivity contribution in [3.8, 4) is 5.75 Å². The Bertz CT molecular complexity index is 553. The Morgan fingerprint density at radius 3 is 2.73 bits per heavy atom. The van der Waals surface area contributed by atoms with Crippen LogP contribution in [0.15, 0.2) is 30.3 Å². The van der Waals surface area contributed by atoms with Gasteiger partial charge in [-0.15, -0.1) is 0 Å². The van der Waals surface area contributed by atoms with Gasteiger partial charge in [0.15, 0.2) is 0 Å². The molecule has 0 bridgehead atoms. The number of benzene rings is 1. The van der Waals surface area contributed by atoms with Crippen molar-refractivity contribution in [1.82, 2.24) is 5.32 Å². The molecular formula is C16H21NO5. The van der Waals surface area contributed by atoms with Gasteiger partial charge >= 0.3 is 5.97 Å². The van der Waals surface area contributed by atoms with Gasteiger partial charge in [-0.1, -0.05) is 12.1 Å². The Morgan fingerprint density at radius 2 is 2.09 bits per heavy atom. The van der Waals surface area contributed by atoms with Gasteiger partial charge in [0.05, 0.1) is 26.7 Å². The molecule has 0 spiro atoms. The Kier molecular flexibility index (Phi) is 7.12. The molecule has 0 saturated carbocycles. The fourth-order valence-electron chi connectivity index (χ4n) is 1.77. The number of allylic oxidation sites excluding steroid dienone is 1. The molecule has 6 nitrogen and oxygen atoms in total. The zero-order valence-corrected chi connectivity index (χ0v) is 13.0. The predicted molar refractivity (Wildman–Crippen MR) is 82.3 cm³/mol. The molecule has 1 aromatic rings. The third-order valence-electron chi connectivity index (χ3n) is 3.01. The molecule has 1 unspecified atom stereocenters. The maximum Gasteiger partial charge on any atom is 0.308 e. The maximum absolute atomic E-state index is 11.8. The summed E-state index contributed by atoms with van der Waals surface area (Å²) in [6, 6.07) is 7.35. The van der Waals surface area contributed by atoms with Crippen molar-refractivity contribution in [2.24, 2.45) is 0 Å². The number of amides is 1. The molecule has 0 aliphatic carbocycles. The second-order valence-electron chi connectivity index (χ2n) is 4.74. The van der Waals surface area contributed by atoms with Crippen LogP contribution in [0.5, 0.6) is 5.75 Å². The lowest BCUT2D eigenvalue weighted by Crippen LogP contribution is -2.32. The van der Waals surface area contributed by atoms with Crippen molar-refractivity contribution in [2.45, 2.75) is 19.4 Å². The molecule has 0 aromatic heterocycles. The SMILES string of the molecule is COC(=O)CC(O)CNC(=O)C=C(C)c1cccc(OC)c1. The van der Waals surface area contributed by atoms with Crippen LogP contribution < -0.4 is 10.1 Å². The van der Waals surface area contributed by atoms with Gasteiger partial charge in [-0.05, 0) is 30.2 Å². The molecule has 2 N–H and O–H groups in total. The van der Waals surface area contributed by atoms with E-state index in [9.17, 15) is 14.7 Å². The first-order chi connectivity index (χ1) is 10.5. The zero-order valence-electron chi connectivity index (χ0n) is 13.0. The standard InChI is InChI=1S/C16H21NO5/c1-11(12-5-4-6-14(8-12)21-2)7-15(19)17-10-13(18)9-16(20)22-3/h4-8,13,18H,9-10H2,1-3H3,(H,17,19). The van der Waals surface area contributed by atoms with Crippen LogP contribution in [-0.2, 0) is 14.3 Å². The highest BCUT2D eigenvalue weighted by Gasteiger charge is 2.11. The molecule has 0 aliphatic heterocycles. The van der Waals surface area contributed by atoms with Crippen molar-refractivity contribution in [3.63, 3.8) is 0 Å². The van der Waals surface area contributed by atoms with E-state index in [2.05, 4.69) is 10.1 Å². The van der Waals surface area contributed by atoms with E-state index in [1.165, 1.54) is 13.2 Å². The van der Waals surface area contributed by atoms with Gasteiger partial charge in [-0.2, -0.15) is 0 Å². The molecule has 0 radical (unpaired) electrons. The van der Waals surface area contributed by atoms with Crippen molar-refractivity contribution in [3.05, 3.63) is 35.9 Å². The minimum Gasteiger partial charge on any atom is -0.497 e. The average Bonchev–Trinajstić information content (AvgIpc) is 2.52. The normalized spacial score (nSPS) is 12.5. The average molecular weight is 307 g/mol. The number of hydrogen-bond acceptors (Lipinski definition) is 5. The third-order valence-corrected chi connectivity index (χ3v) is 3.01. The fourth-order valence-corrected chi connectivity index (χ4v) is 1.77. The number of hydrogen-bond donors (Lipinski definition) is 2.